The van der Waals surface area contributed by atoms with E-state index in [1.165, 1.54) is 44.2 Å². The second-order valence-electron chi connectivity index (χ2n) is 4.91. The average Bonchev–Trinajstić information content (AvgIpc) is 3.14. The molecule has 1 unspecified atom stereocenters. The van der Waals surface area contributed by atoms with Crippen molar-refractivity contribution in [1.29, 1.82) is 0 Å². The first-order chi connectivity index (χ1) is 7.90. The molecular weight excluding hydrogens is 194 g/mol. The minimum Gasteiger partial charge on any atom is -0.310 e. The predicted molar refractivity (Wildman–Crippen MR) is 69.4 cm³/mol. The number of nitrogens with one attached hydrogen (secondary N) is 1. The number of hydrogen-bond acceptors (Lipinski definition) is 1. The Morgan fingerprint density at radius 1 is 1.25 bits per heavy atom. The fraction of sp³-hybridized carbons (Fsp3) is 0.600. The molecule has 0 bridgehead atoms. The molecule has 0 aromatic heterocycles. The van der Waals surface area contributed by atoms with Gasteiger partial charge < -0.3 is 5.32 Å². The third kappa shape index (κ3) is 3.64. The molecule has 88 valence electrons. The molecule has 0 radical (unpaired) electrons. The summed E-state index contributed by atoms with van der Waals surface area (Å²) in [5.41, 5.74) is 1.43. The first-order valence-electron chi connectivity index (χ1n) is 6.68. The van der Waals surface area contributed by atoms with Gasteiger partial charge in [-0.1, -0.05) is 50.1 Å². The summed E-state index contributed by atoms with van der Waals surface area (Å²) in [6.45, 7) is 3.43. The van der Waals surface area contributed by atoms with Gasteiger partial charge in [-0.25, -0.2) is 0 Å². The number of benzene rings is 1. The lowest BCUT2D eigenvalue weighted by Crippen LogP contribution is -2.21. The molecule has 1 aromatic carbocycles. The Morgan fingerprint density at radius 2 is 2.00 bits per heavy atom. The number of rotatable bonds is 7. The summed E-state index contributed by atoms with van der Waals surface area (Å²) in [7, 11) is 0. The Morgan fingerprint density at radius 3 is 2.62 bits per heavy atom. The lowest BCUT2D eigenvalue weighted by molar-refractivity contribution is 0.495. The first-order valence-corrected chi connectivity index (χ1v) is 6.68. The fourth-order valence-corrected chi connectivity index (χ4v) is 2.26. The van der Waals surface area contributed by atoms with E-state index in [1.807, 2.05) is 0 Å². The normalized spacial score (nSPS) is 17.3. The molecule has 1 nitrogen and oxygen atoms in total. The van der Waals surface area contributed by atoms with Gasteiger partial charge in [0.25, 0.3) is 0 Å². The van der Waals surface area contributed by atoms with Crippen molar-refractivity contribution in [3.63, 3.8) is 0 Å². The molecule has 1 fully saturated rings. The zero-order chi connectivity index (χ0) is 11.2. The van der Waals surface area contributed by atoms with E-state index in [4.69, 9.17) is 0 Å². The van der Waals surface area contributed by atoms with Crippen molar-refractivity contribution in [2.45, 2.75) is 45.1 Å². The van der Waals surface area contributed by atoms with Gasteiger partial charge in [-0.05, 0) is 37.3 Å². The second kappa shape index (κ2) is 6.05. The average molecular weight is 217 g/mol. The van der Waals surface area contributed by atoms with Crippen LogP contribution in [-0.4, -0.2) is 6.54 Å². The molecule has 1 saturated carbocycles. The van der Waals surface area contributed by atoms with Crippen LogP contribution >= 0.6 is 0 Å². The SMILES string of the molecule is CCC(NCCCC1CC1)c1ccccc1. The maximum Gasteiger partial charge on any atom is 0.0317 e. The molecule has 1 aliphatic carbocycles. The van der Waals surface area contributed by atoms with Gasteiger partial charge in [0.15, 0.2) is 0 Å². The van der Waals surface area contributed by atoms with Crippen molar-refractivity contribution < 1.29 is 0 Å². The van der Waals surface area contributed by atoms with Crippen LogP contribution in [0.25, 0.3) is 0 Å². The van der Waals surface area contributed by atoms with Gasteiger partial charge in [0.1, 0.15) is 0 Å². The van der Waals surface area contributed by atoms with Crippen LogP contribution in [-0.2, 0) is 0 Å². The van der Waals surface area contributed by atoms with Crippen LogP contribution in [0.15, 0.2) is 30.3 Å². The van der Waals surface area contributed by atoms with Gasteiger partial charge in [0.2, 0.25) is 0 Å². The summed E-state index contributed by atoms with van der Waals surface area (Å²) >= 11 is 0. The smallest absolute Gasteiger partial charge is 0.0317 e. The van der Waals surface area contributed by atoms with E-state index in [9.17, 15) is 0 Å². The predicted octanol–water partition coefficient (Wildman–Crippen LogP) is 3.92. The van der Waals surface area contributed by atoms with Crippen molar-refractivity contribution in [3.05, 3.63) is 35.9 Å². The summed E-state index contributed by atoms with van der Waals surface area (Å²) in [5, 5.41) is 3.67. The van der Waals surface area contributed by atoms with E-state index in [0.717, 1.165) is 5.92 Å². The van der Waals surface area contributed by atoms with Gasteiger partial charge in [0, 0.05) is 6.04 Å². The maximum absolute atomic E-state index is 3.67. The van der Waals surface area contributed by atoms with Gasteiger partial charge in [-0.2, -0.15) is 0 Å². The van der Waals surface area contributed by atoms with Crippen LogP contribution in [0, 0.1) is 5.92 Å². The summed E-state index contributed by atoms with van der Waals surface area (Å²) < 4.78 is 0. The van der Waals surface area contributed by atoms with Crippen LogP contribution in [0.4, 0.5) is 0 Å². The molecule has 1 N–H and O–H groups in total. The first kappa shape index (κ1) is 11.7. The van der Waals surface area contributed by atoms with Crippen LogP contribution in [0.1, 0.15) is 50.6 Å². The Labute approximate surface area is 99.3 Å². The Kier molecular flexibility index (Phi) is 4.41. The summed E-state index contributed by atoms with van der Waals surface area (Å²) in [6, 6.07) is 11.3. The van der Waals surface area contributed by atoms with E-state index >= 15 is 0 Å². The summed E-state index contributed by atoms with van der Waals surface area (Å²) in [5.74, 6) is 1.07. The van der Waals surface area contributed by atoms with Gasteiger partial charge in [-0.3, -0.25) is 0 Å². The Bertz CT molecular complexity index is 290. The Hall–Kier alpha value is -0.820. The molecule has 1 atom stereocenters. The third-order valence-corrected chi connectivity index (χ3v) is 3.49. The molecular formula is C15H23N. The standard InChI is InChI=1S/C15H23N/c1-2-15(14-8-4-3-5-9-14)16-12-6-7-13-10-11-13/h3-5,8-9,13,15-16H,2,6-7,10-12H2,1H3. The Balaban J connectivity index is 1.72. The molecule has 0 saturated heterocycles. The number of hydrogen-bond donors (Lipinski definition) is 1. The maximum atomic E-state index is 3.67. The highest BCUT2D eigenvalue weighted by atomic mass is 14.9. The molecule has 1 aliphatic rings. The van der Waals surface area contributed by atoms with Crippen molar-refractivity contribution in [3.8, 4) is 0 Å². The topological polar surface area (TPSA) is 12.0 Å². The van der Waals surface area contributed by atoms with Crippen molar-refractivity contribution >= 4 is 0 Å². The molecule has 1 heteroatoms. The van der Waals surface area contributed by atoms with Crippen LogP contribution < -0.4 is 5.32 Å². The molecule has 0 amide bonds. The van der Waals surface area contributed by atoms with Crippen molar-refractivity contribution in [1.82, 2.24) is 5.32 Å². The largest absolute Gasteiger partial charge is 0.310 e. The minimum atomic E-state index is 0.542. The van der Waals surface area contributed by atoms with Gasteiger partial charge in [0.05, 0.1) is 0 Å². The fourth-order valence-electron chi connectivity index (χ4n) is 2.26. The molecule has 1 aromatic rings. The van der Waals surface area contributed by atoms with E-state index in [1.54, 1.807) is 0 Å². The highest BCUT2D eigenvalue weighted by molar-refractivity contribution is 5.18. The minimum absolute atomic E-state index is 0.542. The highest BCUT2D eigenvalue weighted by Crippen LogP contribution is 2.33. The molecule has 0 heterocycles. The highest BCUT2D eigenvalue weighted by Gasteiger charge is 2.20. The quantitative estimate of drug-likeness (QED) is 0.683. The molecule has 16 heavy (non-hydrogen) atoms. The van der Waals surface area contributed by atoms with Crippen LogP contribution in [0.3, 0.4) is 0 Å². The zero-order valence-corrected chi connectivity index (χ0v) is 10.3. The van der Waals surface area contributed by atoms with Crippen LogP contribution in [0.5, 0.6) is 0 Å². The van der Waals surface area contributed by atoms with Crippen molar-refractivity contribution in [2.75, 3.05) is 6.54 Å². The van der Waals surface area contributed by atoms with Gasteiger partial charge >= 0.3 is 0 Å². The summed E-state index contributed by atoms with van der Waals surface area (Å²) in [6.07, 6.45) is 6.91. The van der Waals surface area contributed by atoms with Gasteiger partial charge in [-0.15, -0.1) is 0 Å². The second-order valence-corrected chi connectivity index (χ2v) is 4.91. The molecule has 2 rings (SSSR count). The van der Waals surface area contributed by atoms with E-state index in [0.29, 0.717) is 6.04 Å². The monoisotopic (exact) mass is 217 g/mol. The third-order valence-electron chi connectivity index (χ3n) is 3.49. The summed E-state index contributed by atoms with van der Waals surface area (Å²) in [4.78, 5) is 0. The zero-order valence-electron chi connectivity index (χ0n) is 10.3. The van der Waals surface area contributed by atoms with E-state index < -0.39 is 0 Å². The van der Waals surface area contributed by atoms with E-state index in [2.05, 4.69) is 42.6 Å². The molecule has 0 spiro atoms. The van der Waals surface area contributed by atoms with Crippen LogP contribution in [0.2, 0.25) is 0 Å². The molecule has 0 aliphatic heterocycles. The lowest BCUT2D eigenvalue weighted by atomic mass is 10.0. The van der Waals surface area contributed by atoms with Crippen molar-refractivity contribution in [2.24, 2.45) is 5.92 Å². The lowest BCUT2D eigenvalue weighted by Gasteiger charge is -2.17. The van der Waals surface area contributed by atoms with E-state index in [-0.39, 0.29) is 0 Å².